The molecule has 0 aliphatic carbocycles. The van der Waals surface area contributed by atoms with Crippen LogP contribution in [-0.4, -0.2) is 64.5 Å². The first-order valence-electron chi connectivity index (χ1n) is 10.3. The maximum absolute atomic E-state index is 13.8. The van der Waals surface area contributed by atoms with E-state index in [4.69, 9.17) is 10.5 Å². The molecule has 1 atom stereocenters. The summed E-state index contributed by atoms with van der Waals surface area (Å²) in [4.78, 5) is 21.7. The average Bonchev–Trinajstić information content (AvgIpc) is 2.93. The van der Waals surface area contributed by atoms with Gasteiger partial charge >= 0.3 is 10.2 Å². The molecule has 1 unspecified atom stereocenters. The maximum atomic E-state index is 13.8. The van der Waals surface area contributed by atoms with E-state index in [1.54, 1.807) is 43.7 Å². The van der Waals surface area contributed by atoms with Crippen molar-refractivity contribution in [2.75, 3.05) is 39.1 Å². The summed E-state index contributed by atoms with van der Waals surface area (Å²) in [7, 11) is 0.142. The molecule has 0 amide bonds. The lowest BCUT2D eigenvalue weighted by Gasteiger charge is -2.20. The van der Waals surface area contributed by atoms with Crippen molar-refractivity contribution < 1.29 is 17.5 Å². The van der Waals surface area contributed by atoms with Crippen molar-refractivity contribution in [3.05, 3.63) is 64.6 Å². The number of rotatable bonds is 9. The van der Waals surface area contributed by atoms with Crippen molar-refractivity contribution in [1.82, 2.24) is 9.29 Å². The number of alkyl halides is 1. The topological polar surface area (TPSA) is 127 Å². The molecule has 3 aromatic rings. The molecular formula is C23H26FN5O4S. The van der Waals surface area contributed by atoms with E-state index in [0.29, 0.717) is 32.8 Å². The molecule has 3 N–H and O–H groups in total. The number of pyridine rings is 1. The average molecular weight is 488 g/mol. The molecule has 0 aliphatic rings. The summed E-state index contributed by atoms with van der Waals surface area (Å²) in [5.74, 6) is 0. The molecule has 2 aromatic carbocycles. The standard InChI is InChI=1S/C23H26FN5O4S/c1-26-11-17(10-25)16-8-21-22(27-12-16)7-5-15-4-6-19(9-20(15)23(21)30)28-34(31,32)29(2)13-18(24)14-33-3/h4-12,18,28H,13-14,25H2,1-3H3. The number of methoxy groups -OCH3 is 1. The SMILES string of the molecule is CN=CC(=CN)c1cnc2ccc3ccc(NS(=O)(=O)N(C)CC(F)COC)cc3c(=O)c2c1. The second-order valence-corrected chi connectivity index (χ2v) is 9.35. The van der Waals surface area contributed by atoms with Crippen LogP contribution in [0.1, 0.15) is 5.56 Å². The highest BCUT2D eigenvalue weighted by molar-refractivity contribution is 7.90. The lowest BCUT2D eigenvalue weighted by molar-refractivity contribution is 0.114. The summed E-state index contributed by atoms with van der Waals surface area (Å²) < 4.78 is 47.0. The van der Waals surface area contributed by atoms with Gasteiger partial charge in [0.25, 0.3) is 0 Å². The largest absolute Gasteiger partial charge is 0.404 e. The number of benzene rings is 1. The number of ether oxygens (including phenoxy) is 1. The fourth-order valence-corrected chi connectivity index (χ4v) is 4.35. The van der Waals surface area contributed by atoms with E-state index >= 15 is 0 Å². The highest BCUT2D eigenvalue weighted by atomic mass is 32.2. The number of nitrogens with zero attached hydrogens (tertiary/aromatic N) is 3. The van der Waals surface area contributed by atoms with Crippen molar-refractivity contribution in [2.24, 2.45) is 10.7 Å². The van der Waals surface area contributed by atoms with Crippen molar-refractivity contribution in [2.45, 2.75) is 6.17 Å². The van der Waals surface area contributed by atoms with Gasteiger partial charge in [0.1, 0.15) is 6.17 Å². The summed E-state index contributed by atoms with van der Waals surface area (Å²) in [5.41, 5.74) is 7.22. The Morgan fingerprint density at radius 3 is 2.71 bits per heavy atom. The van der Waals surface area contributed by atoms with Crippen molar-refractivity contribution in [3.63, 3.8) is 0 Å². The van der Waals surface area contributed by atoms with Crippen LogP contribution in [0.3, 0.4) is 0 Å². The molecule has 0 saturated heterocycles. The molecule has 180 valence electrons. The molecular weight excluding hydrogens is 461 g/mol. The van der Waals surface area contributed by atoms with Crippen molar-refractivity contribution >= 4 is 49.4 Å². The normalized spacial score (nSPS) is 13.7. The van der Waals surface area contributed by atoms with Gasteiger partial charge in [-0.1, -0.05) is 12.1 Å². The summed E-state index contributed by atoms with van der Waals surface area (Å²) in [6.07, 6.45) is 3.06. The number of fused-ring (bicyclic) bond motifs is 2. The molecule has 0 saturated carbocycles. The Hall–Kier alpha value is -3.41. The van der Waals surface area contributed by atoms with Gasteiger partial charge in [-0.15, -0.1) is 0 Å². The fourth-order valence-electron chi connectivity index (χ4n) is 3.41. The first kappa shape index (κ1) is 25.2. The number of hydrogen-bond donors (Lipinski definition) is 2. The number of allylic oxidation sites excluding steroid dienone is 1. The molecule has 0 aliphatic heterocycles. The number of anilines is 1. The quantitative estimate of drug-likeness (QED) is 0.446. The third-order valence-corrected chi connectivity index (χ3v) is 6.59. The van der Waals surface area contributed by atoms with Crippen molar-refractivity contribution in [1.29, 1.82) is 0 Å². The molecule has 0 radical (unpaired) electrons. The molecule has 34 heavy (non-hydrogen) atoms. The highest BCUT2D eigenvalue weighted by Gasteiger charge is 2.22. The minimum absolute atomic E-state index is 0.169. The second kappa shape index (κ2) is 10.7. The van der Waals surface area contributed by atoms with Crippen LogP contribution in [0.25, 0.3) is 27.2 Å². The zero-order valence-corrected chi connectivity index (χ0v) is 19.8. The minimum atomic E-state index is -4.06. The van der Waals surface area contributed by atoms with Gasteiger partial charge in [-0.25, -0.2) is 4.39 Å². The van der Waals surface area contributed by atoms with E-state index in [0.717, 1.165) is 4.31 Å². The third-order valence-electron chi connectivity index (χ3n) is 5.12. The van der Waals surface area contributed by atoms with E-state index < -0.39 is 16.4 Å². The van der Waals surface area contributed by atoms with Crippen molar-refractivity contribution in [3.8, 4) is 0 Å². The molecule has 0 fully saturated rings. The van der Waals surface area contributed by atoms with Gasteiger partial charge in [-0.3, -0.25) is 19.5 Å². The van der Waals surface area contributed by atoms with Crippen LogP contribution < -0.4 is 15.9 Å². The first-order valence-corrected chi connectivity index (χ1v) is 11.7. The van der Waals surface area contributed by atoms with Gasteiger partial charge in [0, 0.05) is 68.3 Å². The fraction of sp³-hybridized carbons (Fsp3) is 0.261. The third kappa shape index (κ3) is 5.56. The van der Waals surface area contributed by atoms with Gasteiger partial charge in [-0.05, 0) is 29.7 Å². The van der Waals surface area contributed by atoms with E-state index in [1.807, 2.05) is 0 Å². The minimum Gasteiger partial charge on any atom is -0.404 e. The van der Waals surface area contributed by atoms with E-state index in [-0.39, 0.29) is 24.3 Å². The predicted octanol–water partition coefficient (Wildman–Crippen LogP) is 2.32. The Morgan fingerprint density at radius 1 is 1.29 bits per heavy atom. The Kier molecular flexibility index (Phi) is 7.92. The van der Waals surface area contributed by atoms with Gasteiger partial charge in [0.05, 0.1) is 17.8 Å². The van der Waals surface area contributed by atoms with Gasteiger partial charge < -0.3 is 10.5 Å². The molecule has 11 heteroatoms. The van der Waals surface area contributed by atoms with Crippen LogP contribution in [0.2, 0.25) is 0 Å². The van der Waals surface area contributed by atoms with Crippen LogP contribution in [0, 0.1) is 0 Å². The number of nitrogens with two attached hydrogens (primary N) is 1. The second-order valence-electron chi connectivity index (χ2n) is 7.57. The summed E-state index contributed by atoms with van der Waals surface area (Å²) in [5, 5.41) is 1.24. The summed E-state index contributed by atoms with van der Waals surface area (Å²) >= 11 is 0. The van der Waals surface area contributed by atoms with Gasteiger partial charge in [-0.2, -0.15) is 12.7 Å². The molecule has 9 nitrogen and oxygen atoms in total. The number of aromatic nitrogens is 1. The Balaban J connectivity index is 2.06. The maximum Gasteiger partial charge on any atom is 0.301 e. The molecule has 3 rings (SSSR count). The van der Waals surface area contributed by atoms with E-state index in [2.05, 4.69) is 14.7 Å². The van der Waals surface area contributed by atoms with Gasteiger partial charge in [0.2, 0.25) is 0 Å². The van der Waals surface area contributed by atoms with Crippen LogP contribution in [0.5, 0.6) is 0 Å². The van der Waals surface area contributed by atoms with Crippen LogP contribution in [0.4, 0.5) is 10.1 Å². The zero-order valence-electron chi connectivity index (χ0n) is 19.0. The van der Waals surface area contributed by atoms with E-state index in [1.165, 1.54) is 32.5 Å². The summed E-state index contributed by atoms with van der Waals surface area (Å²) in [6.45, 7) is -0.601. The monoisotopic (exact) mass is 487 g/mol. The van der Waals surface area contributed by atoms with Crippen LogP contribution >= 0.6 is 0 Å². The highest BCUT2D eigenvalue weighted by Crippen LogP contribution is 2.21. The first-order chi connectivity index (χ1) is 16.2. The molecule has 1 heterocycles. The predicted molar refractivity (Wildman–Crippen MR) is 134 cm³/mol. The Bertz CT molecular complexity index is 1430. The molecule has 1 aromatic heterocycles. The number of aliphatic imine (C=N–C) groups is 1. The van der Waals surface area contributed by atoms with Crippen LogP contribution in [0.15, 0.2) is 58.6 Å². The smallest absolute Gasteiger partial charge is 0.301 e. The number of nitrogens with one attached hydrogen (secondary N) is 1. The lowest BCUT2D eigenvalue weighted by atomic mass is 10.1. The Labute approximate surface area is 197 Å². The number of halogens is 1. The zero-order chi connectivity index (χ0) is 24.9. The molecule has 0 bridgehead atoms. The number of hydrogen-bond acceptors (Lipinski definition) is 7. The van der Waals surface area contributed by atoms with Gasteiger partial charge in [0.15, 0.2) is 5.43 Å². The molecule has 0 spiro atoms. The van der Waals surface area contributed by atoms with Crippen LogP contribution in [-0.2, 0) is 14.9 Å². The summed E-state index contributed by atoms with van der Waals surface area (Å²) in [6, 6.07) is 9.74. The lowest BCUT2D eigenvalue weighted by Crippen LogP contribution is -2.38. The Morgan fingerprint density at radius 2 is 2.03 bits per heavy atom. The van der Waals surface area contributed by atoms with E-state index in [9.17, 15) is 17.6 Å².